The summed E-state index contributed by atoms with van der Waals surface area (Å²) in [6, 6.07) is -0.920. The van der Waals surface area contributed by atoms with Gasteiger partial charge in [-0.1, -0.05) is 0 Å². The normalized spacial score (nSPS) is 24.0. The maximum Gasteiger partial charge on any atom is 0.245 e. The lowest BCUT2D eigenvalue weighted by Crippen LogP contribution is -2.60. The highest BCUT2D eigenvalue weighted by molar-refractivity contribution is 7.15. The van der Waals surface area contributed by atoms with Gasteiger partial charge in [-0.2, -0.15) is 0 Å². The zero-order valence-electron chi connectivity index (χ0n) is 10.7. The van der Waals surface area contributed by atoms with Gasteiger partial charge in [-0.15, -0.1) is 11.3 Å². The van der Waals surface area contributed by atoms with Crippen LogP contribution in [-0.2, 0) is 16.1 Å². The smallest absolute Gasteiger partial charge is 0.245 e. The van der Waals surface area contributed by atoms with Gasteiger partial charge in [-0.3, -0.25) is 14.0 Å². The summed E-state index contributed by atoms with van der Waals surface area (Å²) >= 11 is 1.54. The molecule has 1 N–H and O–H groups in total. The fourth-order valence-electron chi connectivity index (χ4n) is 2.22. The molecule has 2 amide bonds. The molecule has 2 aromatic rings. The third kappa shape index (κ3) is 1.99. The van der Waals surface area contributed by atoms with E-state index in [0.29, 0.717) is 6.54 Å². The second-order valence-electron chi connectivity index (χ2n) is 4.70. The number of carbonyl (C=O) groups is 2. The lowest BCUT2D eigenvalue weighted by atomic mass is 10.1. The molecule has 0 radical (unpaired) electrons. The monoisotopic (exact) mass is 278 g/mol. The average Bonchev–Trinajstić information content (AvgIpc) is 2.92. The largest absolute Gasteiger partial charge is 0.343 e. The summed E-state index contributed by atoms with van der Waals surface area (Å²) in [5, 5.41) is 4.62. The van der Waals surface area contributed by atoms with Crippen molar-refractivity contribution < 1.29 is 9.59 Å². The number of hydrogen-bond donors (Lipinski definition) is 1. The molecule has 7 heteroatoms. The first-order valence-electron chi connectivity index (χ1n) is 6.08. The molecule has 0 bridgehead atoms. The summed E-state index contributed by atoms with van der Waals surface area (Å²) in [5.74, 6) is -0.184. The van der Waals surface area contributed by atoms with Crippen molar-refractivity contribution in [3.63, 3.8) is 0 Å². The molecule has 0 spiro atoms. The lowest BCUT2D eigenvalue weighted by Gasteiger charge is -2.35. The Balaban J connectivity index is 1.86. The van der Waals surface area contributed by atoms with Crippen molar-refractivity contribution in [2.45, 2.75) is 32.5 Å². The number of piperazine rings is 1. The molecule has 100 valence electrons. The Morgan fingerprint density at radius 2 is 2.21 bits per heavy atom. The predicted octanol–water partition coefficient (Wildman–Crippen LogP) is 0.631. The first-order valence-corrected chi connectivity index (χ1v) is 6.96. The van der Waals surface area contributed by atoms with Crippen LogP contribution in [0.3, 0.4) is 0 Å². The molecule has 3 heterocycles. The number of nitrogens with one attached hydrogen (secondary N) is 1. The van der Waals surface area contributed by atoms with Crippen LogP contribution in [0, 0.1) is 0 Å². The van der Waals surface area contributed by atoms with Gasteiger partial charge >= 0.3 is 0 Å². The van der Waals surface area contributed by atoms with E-state index in [1.165, 1.54) is 0 Å². The molecule has 0 aliphatic carbocycles. The maximum atomic E-state index is 12.1. The molecule has 19 heavy (non-hydrogen) atoms. The molecular formula is C12H14N4O2S. The fourth-order valence-corrected chi connectivity index (χ4v) is 2.94. The van der Waals surface area contributed by atoms with E-state index in [-0.39, 0.29) is 11.8 Å². The van der Waals surface area contributed by atoms with Crippen LogP contribution in [0.2, 0.25) is 0 Å². The van der Waals surface area contributed by atoms with Crippen LogP contribution in [0.1, 0.15) is 19.5 Å². The third-order valence-electron chi connectivity index (χ3n) is 3.33. The minimum atomic E-state index is -0.465. The Morgan fingerprint density at radius 1 is 1.42 bits per heavy atom. The molecule has 2 unspecified atom stereocenters. The van der Waals surface area contributed by atoms with Gasteiger partial charge in [0.1, 0.15) is 12.1 Å². The molecule has 3 rings (SSSR count). The Bertz CT molecular complexity index is 618. The van der Waals surface area contributed by atoms with Crippen molar-refractivity contribution in [1.82, 2.24) is 19.6 Å². The SMILES string of the molecule is CC1NC(=O)C(C)N(Cc2cn3ccsc3n2)C1=O. The minimum absolute atomic E-state index is 0.0662. The topological polar surface area (TPSA) is 66.7 Å². The summed E-state index contributed by atoms with van der Waals surface area (Å²) in [6.45, 7) is 3.80. The summed E-state index contributed by atoms with van der Waals surface area (Å²) in [4.78, 5) is 30.8. The van der Waals surface area contributed by atoms with Crippen LogP contribution in [-0.4, -0.2) is 38.2 Å². The number of thiazole rings is 1. The predicted molar refractivity (Wildman–Crippen MR) is 70.7 cm³/mol. The van der Waals surface area contributed by atoms with Crippen molar-refractivity contribution in [2.75, 3.05) is 0 Å². The van der Waals surface area contributed by atoms with Crippen LogP contribution in [0.5, 0.6) is 0 Å². The van der Waals surface area contributed by atoms with Crippen LogP contribution in [0.25, 0.3) is 4.96 Å². The highest BCUT2D eigenvalue weighted by Gasteiger charge is 2.35. The summed E-state index contributed by atoms with van der Waals surface area (Å²) in [6.07, 6.45) is 3.82. The third-order valence-corrected chi connectivity index (χ3v) is 4.11. The Morgan fingerprint density at radius 3 is 2.95 bits per heavy atom. The summed E-state index contributed by atoms with van der Waals surface area (Å²) < 4.78 is 1.92. The van der Waals surface area contributed by atoms with E-state index >= 15 is 0 Å². The number of imidazole rings is 1. The molecule has 1 aliphatic rings. The van der Waals surface area contributed by atoms with Crippen LogP contribution >= 0.6 is 11.3 Å². The summed E-state index contributed by atoms with van der Waals surface area (Å²) in [7, 11) is 0. The Labute approximate surface area is 114 Å². The van der Waals surface area contributed by atoms with Crippen LogP contribution in [0.4, 0.5) is 0 Å². The molecule has 0 saturated carbocycles. The van der Waals surface area contributed by atoms with Crippen molar-refractivity contribution in [3.05, 3.63) is 23.5 Å². The van der Waals surface area contributed by atoms with E-state index in [1.54, 1.807) is 30.1 Å². The molecule has 0 aromatic carbocycles. The Kier molecular flexibility index (Phi) is 2.78. The maximum absolute atomic E-state index is 12.1. The standard InChI is InChI=1S/C12H14N4O2S/c1-7-11(18)16(8(2)10(17)13-7)6-9-5-15-3-4-19-12(15)14-9/h3-5,7-8H,6H2,1-2H3,(H,13,17). The highest BCUT2D eigenvalue weighted by Crippen LogP contribution is 2.16. The van der Waals surface area contributed by atoms with Gasteiger partial charge in [0, 0.05) is 17.8 Å². The fraction of sp³-hybridized carbons (Fsp3) is 0.417. The number of rotatable bonds is 2. The quantitative estimate of drug-likeness (QED) is 0.876. The van der Waals surface area contributed by atoms with Crippen LogP contribution in [0.15, 0.2) is 17.8 Å². The minimum Gasteiger partial charge on any atom is -0.343 e. The van der Waals surface area contributed by atoms with E-state index in [1.807, 2.05) is 22.2 Å². The molecule has 1 fully saturated rings. The zero-order valence-corrected chi connectivity index (χ0v) is 11.5. The van der Waals surface area contributed by atoms with Gasteiger partial charge in [-0.05, 0) is 13.8 Å². The van der Waals surface area contributed by atoms with Gasteiger partial charge in [0.2, 0.25) is 11.8 Å². The number of aromatic nitrogens is 2. The summed E-state index contributed by atoms with van der Waals surface area (Å²) in [5.41, 5.74) is 0.800. The number of hydrogen-bond acceptors (Lipinski definition) is 4. The number of carbonyl (C=O) groups excluding carboxylic acids is 2. The van der Waals surface area contributed by atoms with Crippen molar-refractivity contribution in [1.29, 1.82) is 0 Å². The van der Waals surface area contributed by atoms with Gasteiger partial charge in [0.05, 0.1) is 12.2 Å². The van der Waals surface area contributed by atoms with Gasteiger partial charge in [0.15, 0.2) is 4.96 Å². The second-order valence-corrected chi connectivity index (χ2v) is 5.57. The molecule has 6 nitrogen and oxygen atoms in total. The molecule has 2 aromatic heterocycles. The van der Waals surface area contributed by atoms with E-state index in [4.69, 9.17) is 0 Å². The Hall–Kier alpha value is -1.89. The van der Waals surface area contributed by atoms with E-state index in [0.717, 1.165) is 10.7 Å². The van der Waals surface area contributed by atoms with Gasteiger partial charge in [-0.25, -0.2) is 4.98 Å². The van der Waals surface area contributed by atoms with Gasteiger partial charge in [0.25, 0.3) is 0 Å². The first kappa shape index (κ1) is 12.2. The molecular weight excluding hydrogens is 264 g/mol. The number of nitrogens with zero attached hydrogens (tertiary/aromatic N) is 3. The van der Waals surface area contributed by atoms with Crippen molar-refractivity contribution in [3.8, 4) is 0 Å². The number of amides is 2. The zero-order chi connectivity index (χ0) is 13.6. The first-order chi connectivity index (χ1) is 9.06. The molecule has 1 aliphatic heterocycles. The average molecular weight is 278 g/mol. The lowest BCUT2D eigenvalue weighted by molar-refractivity contribution is -0.148. The second kappa shape index (κ2) is 4.34. The van der Waals surface area contributed by atoms with E-state index < -0.39 is 12.1 Å². The molecule has 1 saturated heterocycles. The highest BCUT2D eigenvalue weighted by atomic mass is 32.1. The van der Waals surface area contributed by atoms with E-state index in [9.17, 15) is 9.59 Å². The van der Waals surface area contributed by atoms with Gasteiger partial charge < -0.3 is 10.2 Å². The van der Waals surface area contributed by atoms with Crippen LogP contribution < -0.4 is 5.32 Å². The molecule has 2 atom stereocenters. The van der Waals surface area contributed by atoms with Crippen molar-refractivity contribution in [2.24, 2.45) is 0 Å². The number of fused-ring (bicyclic) bond motifs is 1. The van der Waals surface area contributed by atoms with Crippen molar-refractivity contribution >= 4 is 28.1 Å². The van der Waals surface area contributed by atoms with E-state index in [2.05, 4.69) is 10.3 Å².